The number of carbonyl (C=O) groups excluding carboxylic acids is 1. The van der Waals surface area contributed by atoms with Crippen molar-refractivity contribution in [3.63, 3.8) is 0 Å². The van der Waals surface area contributed by atoms with Crippen molar-refractivity contribution in [2.45, 2.75) is 51.2 Å². The van der Waals surface area contributed by atoms with Crippen LogP contribution in [0.1, 0.15) is 44.6 Å². The number of amides is 1. The summed E-state index contributed by atoms with van der Waals surface area (Å²) in [5.41, 5.74) is 0.726. The van der Waals surface area contributed by atoms with Gasteiger partial charge in [0.2, 0.25) is 0 Å². The molecule has 1 atom stereocenters. The molecule has 1 aliphatic rings. The van der Waals surface area contributed by atoms with Gasteiger partial charge in [-0.15, -0.1) is 0 Å². The predicted molar refractivity (Wildman–Crippen MR) is 92.8 cm³/mol. The highest BCUT2D eigenvalue weighted by Gasteiger charge is 2.18. The van der Waals surface area contributed by atoms with Crippen LogP contribution in [0.25, 0.3) is 6.08 Å². The standard InChI is InChI=1S/C19H22N2O4/c1-13(19(23)24)25-17-9-7-14(8-10-17)11-15(12-20)18(22)21-16-5-3-2-4-6-16/h7-11,13,16H,2-6H2,1H3,(H,21,22)(H,23,24)/b15-11+/t13-/m0/s1. The number of ether oxygens (including phenoxy) is 1. The summed E-state index contributed by atoms with van der Waals surface area (Å²) in [4.78, 5) is 23.0. The van der Waals surface area contributed by atoms with Gasteiger partial charge in [0.05, 0.1) is 0 Å². The van der Waals surface area contributed by atoms with Crippen LogP contribution in [-0.2, 0) is 9.59 Å². The van der Waals surface area contributed by atoms with Crippen molar-refractivity contribution in [1.82, 2.24) is 5.32 Å². The minimum atomic E-state index is -1.05. The van der Waals surface area contributed by atoms with E-state index in [4.69, 9.17) is 9.84 Å². The van der Waals surface area contributed by atoms with Gasteiger partial charge in [0, 0.05) is 6.04 Å². The van der Waals surface area contributed by atoms with Crippen molar-refractivity contribution in [2.75, 3.05) is 0 Å². The molecular formula is C19H22N2O4. The number of hydrogen-bond donors (Lipinski definition) is 2. The van der Waals surface area contributed by atoms with Crippen molar-refractivity contribution < 1.29 is 19.4 Å². The number of carboxylic acids is 1. The molecule has 0 spiro atoms. The van der Waals surface area contributed by atoms with Crippen LogP contribution in [0.4, 0.5) is 0 Å². The molecule has 0 heterocycles. The predicted octanol–water partition coefficient (Wildman–Crippen LogP) is 2.89. The van der Waals surface area contributed by atoms with E-state index >= 15 is 0 Å². The van der Waals surface area contributed by atoms with E-state index in [1.165, 1.54) is 19.4 Å². The van der Waals surface area contributed by atoms with Crippen LogP contribution in [-0.4, -0.2) is 29.1 Å². The molecule has 1 aromatic carbocycles. The van der Waals surface area contributed by atoms with E-state index < -0.39 is 12.1 Å². The van der Waals surface area contributed by atoms with Crippen molar-refractivity contribution in [3.8, 4) is 11.8 Å². The van der Waals surface area contributed by atoms with Gasteiger partial charge in [0.1, 0.15) is 17.4 Å². The second-order valence-corrected chi connectivity index (χ2v) is 6.15. The number of hydrogen-bond acceptors (Lipinski definition) is 4. The lowest BCUT2D eigenvalue weighted by molar-refractivity contribution is -0.144. The number of nitriles is 1. The maximum absolute atomic E-state index is 12.2. The third-order valence-corrected chi connectivity index (χ3v) is 4.16. The first kappa shape index (κ1) is 18.5. The third kappa shape index (κ3) is 5.64. The molecule has 0 aromatic heterocycles. The second-order valence-electron chi connectivity index (χ2n) is 6.15. The average molecular weight is 342 g/mol. The summed E-state index contributed by atoms with van der Waals surface area (Å²) >= 11 is 0. The van der Waals surface area contributed by atoms with Gasteiger partial charge in [-0.25, -0.2) is 4.79 Å². The fourth-order valence-corrected chi connectivity index (χ4v) is 2.72. The number of carboxylic acid groups (broad SMARTS) is 1. The molecule has 1 saturated carbocycles. The zero-order valence-electron chi connectivity index (χ0n) is 14.2. The summed E-state index contributed by atoms with van der Waals surface area (Å²) in [6.07, 6.45) is 5.89. The minimum Gasteiger partial charge on any atom is -0.479 e. The average Bonchev–Trinajstić information content (AvgIpc) is 2.61. The van der Waals surface area contributed by atoms with Gasteiger partial charge >= 0.3 is 5.97 Å². The van der Waals surface area contributed by atoms with Gasteiger partial charge in [-0.05, 0) is 43.5 Å². The Labute approximate surface area is 147 Å². The minimum absolute atomic E-state index is 0.0538. The third-order valence-electron chi connectivity index (χ3n) is 4.16. The highest BCUT2D eigenvalue weighted by atomic mass is 16.5. The molecular weight excluding hydrogens is 320 g/mol. The van der Waals surface area contributed by atoms with Crippen LogP contribution in [0.2, 0.25) is 0 Å². The maximum atomic E-state index is 12.2. The molecule has 0 radical (unpaired) electrons. The van der Waals surface area contributed by atoms with E-state index in [-0.39, 0.29) is 17.5 Å². The number of carbonyl (C=O) groups is 2. The van der Waals surface area contributed by atoms with E-state index in [0.717, 1.165) is 25.7 Å². The molecule has 2 N–H and O–H groups in total. The SMILES string of the molecule is C[C@H](Oc1ccc(/C=C(\C#N)C(=O)NC2CCCCC2)cc1)C(=O)O. The Kier molecular flexibility index (Phi) is 6.58. The second kappa shape index (κ2) is 8.88. The Hall–Kier alpha value is -2.81. The lowest BCUT2D eigenvalue weighted by Crippen LogP contribution is -2.36. The number of nitrogens with one attached hydrogen (secondary N) is 1. The number of rotatable bonds is 6. The molecule has 6 heteroatoms. The van der Waals surface area contributed by atoms with E-state index in [1.807, 2.05) is 6.07 Å². The fourth-order valence-electron chi connectivity index (χ4n) is 2.72. The molecule has 1 amide bonds. The summed E-state index contributed by atoms with van der Waals surface area (Å²) < 4.78 is 5.25. The fraction of sp³-hybridized carbons (Fsp3) is 0.421. The molecule has 132 valence electrons. The quantitative estimate of drug-likeness (QED) is 0.612. The topological polar surface area (TPSA) is 99.4 Å². The highest BCUT2D eigenvalue weighted by Crippen LogP contribution is 2.19. The highest BCUT2D eigenvalue weighted by molar-refractivity contribution is 6.01. The molecule has 0 aliphatic heterocycles. The first-order valence-electron chi connectivity index (χ1n) is 8.42. The van der Waals surface area contributed by atoms with Crippen LogP contribution in [0, 0.1) is 11.3 Å². The van der Waals surface area contributed by atoms with Crippen LogP contribution in [0.5, 0.6) is 5.75 Å². The summed E-state index contributed by atoms with van der Waals surface area (Å²) in [6.45, 7) is 1.44. The summed E-state index contributed by atoms with van der Waals surface area (Å²) in [7, 11) is 0. The Bertz CT molecular complexity index is 682. The molecule has 25 heavy (non-hydrogen) atoms. The van der Waals surface area contributed by atoms with Crippen LogP contribution in [0.15, 0.2) is 29.8 Å². The van der Waals surface area contributed by atoms with Gasteiger partial charge in [-0.3, -0.25) is 4.79 Å². The Balaban J connectivity index is 2.01. The summed E-state index contributed by atoms with van der Waals surface area (Å²) in [5.74, 6) is -0.985. The van der Waals surface area contributed by atoms with Gasteiger partial charge < -0.3 is 15.2 Å². The van der Waals surface area contributed by atoms with Gasteiger partial charge in [-0.1, -0.05) is 31.4 Å². The maximum Gasteiger partial charge on any atom is 0.344 e. The van der Waals surface area contributed by atoms with Crippen LogP contribution >= 0.6 is 0 Å². The molecule has 1 fully saturated rings. The monoisotopic (exact) mass is 342 g/mol. The normalized spacial score (nSPS) is 16.6. The number of aliphatic carboxylic acids is 1. The van der Waals surface area contributed by atoms with E-state index in [1.54, 1.807) is 24.3 Å². The molecule has 1 aliphatic carbocycles. The van der Waals surface area contributed by atoms with Crippen molar-refractivity contribution in [1.29, 1.82) is 5.26 Å². The van der Waals surface area contributed by atoms with Gasteiger partial charge in [0.25, 0.3) is 5.91 Å². The molecule has 0 saturated heterocycles. The molecule has 1 aromatic rings. The first-order chi connectivity index (χ1) is 12.0. The Morgan fingerprint density at radius 1 is 1.28 bits per heavy atom. The van der Waals surface area contributed by atoms with Gasteiger partial charge in [0.15, 0.2) is 6.10 Å². The molecule has 0 unspecified atom stereocenters. The van der Waals surface area contributed by atoms with Gasteiger partial charge in [-0.2, -0.15) is 5.26 Å². The summed E-state index contributed by atoms with van der Waals surface area (Å²) in [6, 6.07) is 8.66. The van der Waals surface area contributed by atoms with Crippen molar-refractivity contribution in [2.24, 2.45) is 0 Å². The number of nitrogens with zero attached hydrogens (tertiary/aromatic N) is 1. The van der Waals surface area contributed by atoms with Crippen molar-refractivity contribution >= 4 is 18.0 Å². The van der Waals surface area contributed by atoms with E-state index in [2.05, 4.69) is 5.32 Å². The van der Waals surface area contributed by atoms with E-state index in [0.29, 0.717) is 11.3 Å². The zero-order valence-corrected chi connectivity index (χ0v) is 14.2. The Morgan fingerprint density at radius 3 is 2.48 bits per heavy atom. The summed E-state index contributed by atoms with van der Waals surface area (Å²) in [5, 5.41) is 21.0. The van der Waals surface area contributed by atoms with Crippen LogP contribution in [0.3, 0.4) is 0 Å². The van der Waals surface area contributed by atoms with Crippen LogP contribution < -0.4 is 10.1 Å². The number of benzene rings is 1. The zero-order chi connectivity index (χ0) is 18.2. The lowest BCUT2D eigenvalue weighted by atomic mass is 9.95. The molecule has 6 nitrogen and oxygen atoms in total. The van der Waals surface area contributed by atoms with Crippen molar-refractivity contribution in [3.05, 3.63) is 35.4 Å². The molecule has 2 rings (SSSR count). The first-order valence-corrected chi connectivity index (χ1v) is 8.42. The Morgan fingerprint density at radius 2 is 1.92 bits per heavy atom. The smallest absolute Gasteiger partial charge is 0.344 e. The lowest BCUT2D eigenvalue weighted by Gasteiger charge is -2.22. The largest absolute Gasteiger partial charge is 0.479 e. The molecule has 0 bridgehead atoms. The van der Waals surface area contributed by atoms with E-state index in [9.17, 15) is 14.9 Å².